The standard InChI is InChI=1S/C49H50N2/c1-30(2)34-23-15-24-35(31(3)4)48(34)50-29-51(49-36(32(5)6)25-16-26-37(49)33(7)8)47-28-45-43-22-14-12-20-41(43)39-18-10-9-17-38(39)40-19-11-13-21-42(40)44(45)27-46(47)50/h9-28,30-33,40,42H,1-8H3. The van der Waals surface area contributed by atoms with Crippen LogP contribution < -0.4 is 4.57 Å². The molecule has 0 saturated carbocycles. The molecule has 1 aromatic heterocycles. The minimum absolute atomic E-state index is 0.194. The molecule has 2 aliphatic carbocycles. The first-order valence-corrected chi connectivity index (χ1v) is 19.0. The van der Waals surface area contributed by atoms with Crippen LogP contribution >= 0.6 is 0 Å². The van der Waals surface area contributed by atoms with Crippen LogP contribution in [-0.2, 0) is 0 Å². The quantitative estimate of drug-likeness (QED) is 0.124. The Morgan fingerprint density at radius 3 is 1.57 bits per heavy atom. The molecule has 0 N–H and O–H groups in total. The molecule has 0 amide bonds. The second-order valence-electron chi connectivity index (χ2n) is 15.8. The summed E-state index contributed by atoms with van der Waals surface area (Å²) in [5.74, 6) is 1.85. The van der Waals surface area contributed by atoms with Gasteiger partial charge in [-0.15, -0.1) is 0 Å². The molecule has 0 bridgehead atoms. The molecule has 0 spiro atoms. The molecule has 2 heteroatoms. The Hall–Kier alpha value is -4.95. The highest BCUT2D eigenvalue weighted by Crippen LogP contribution is 2.50. The van der Waals surface area contributed by atoms with Crippen LogP contribution in [0.4, 0.5) is 0 Å². The fourth-order valence-electron chi connectivity index (χ4n) is 8.74. The van der Waals surface area contributed by atoms with Gasteiger partial charge in [0.05, 0.1) is 22.4 Å². The average Bonchev–Trinajstić information content (AvgIpc) is 3.50. The lowest BCUT2D eigenvalue weighted by molar-refractivity contribution is -0.573. The lowest BCUT2D eigenvalue weighted by Gasteiger charge is -2.32. The van der Waals surface area contributed by atoms with Gasteiger partial charge in [-0.1, -0.05) is 165 Å². The number of para-hydroxylation sites is 2. The third-order valence-electron chi connectivity index (χ3n) is 11.3. The maximum atomic E-state index is 4.07. The molecule has 51 heavy (non-hydrogen) atoms. The Kier molecular flexibility index (Phi) is 8.45. The van der Waals surface area contributed by atoms with Gasteiger partial charge in [-0.25, -0.2) is 0 Å². The van der Waals surface area contributed by atoms with Crippen molar-refractivity contribution in [3.8, 4) is 33.6 Å². The Labute approximate surface area is 304 Å². The van der Waals surface area contributed by atoms with E-state index in [0.29, 0.717) is 23.7 Å². The van der Waals surface area contributed by atoms with Crippen LogP contribution in [0.2, 0.25) is 0 Å². The van der Waals surface area contributed by atoms with Crippen LogP contribution in [0, 0.1) is 6.33 Å². The molecular weight excluding hydrogens is 617 g/mol. The molecule has 6 aromatic rings. The Morgan fingerprint density at radius 1 is 0.510 bits per heavy atom. The smallest absolute Gasteiger partial charge is 0.269 e. The van der Waals surface area contributed by atoms with Crippen LogP contribution in [0.3, 0.4) is 0 Å². The maximum absolute atomic E-state index is 4.07. The topological polar surface area (TPSA) is 8.81 Å². The first-order valence-electron chi connectivity index (χ1n) is 19.0. The van der Waals surface area contributed by atoms with Gasteiger partial charge in [0.25, 0.3) is 6.33 Å². The van der Waals surface area contributed by atoms with Crippen LogP contribution in [0.15, 0.2) is 121 Å². The van der Waals surface area contributed by atoms with Gasteiger partial charge in [0.2, 0.25) is 0 Å². The predicted molar refractivity (Wildman–Crippen MR) is 215 cm³/mol. The van der Waals surface area contributed by atoms with E-state index in [9.17, 15) is 0 Å². The largest absolute Gasteiger partial charge is 0.291 e. The molecule has 2 atom stereocenters. The van der Waals surface area contributed by atoms with E-state index in [1.165, 1.54) is 78.0 Å². The van der Waals surface area contributed by atoms with Crippen molar-refractivity contribution < 1.29 is 4.57 Å². The molecule has 8 rings (SSSR count). The van der Waals surface area contributed by atoms with E-state index in [2.05, 4.69) is 192 Å². The molecule has 0 aliphatic heterocycles. The van der Waals surface area contributed by atoms with Crippen LogP contribution in [-0.4, -0.2) is 4.57 Å². The number of hydrogen-bond donors (Lipinski definition) is 0. The fourth-order valence-corrected chi connectivity index (χ4v) is 8.74. The highest BCUT2D eigenvalue weighted by Gasteiger charge is 2.32. The van der Waals surface area contributed by atoms with E-state index in [1.54, 1.807) is 0 Å². The Bertz CT molecular complexity index is 2290. The summed E-state index contributed by atoms with van der Waals surface area (Å²) >= 11 is 0. The predicted octanol–water partition coefficient (Wildman–Crippen LogP) is 12.8. The van der Waals surface area contributed by atoms with Crippen molar-refractivity contribution in [1.29, 1.82) is 0 Å². The SMILES string of the molecule is CC(C)c1cccc(C(C)C)c1-n1[c-][n+](-c2c(C(C)C)cccc2C(C)C)c2cc3c(cc21)-c1ccccc1-c1ccccc1C1C=CC=CC31. The average molecular weight is 667 g/mol. The summed E-state index contributed by atoms with van der Waals surface area (Å²) in [7, 11) is 0. The minimum Gasteiger partial charge on any atom is -0.291 e. The molecule has 0 fully saturated rings. The maximum Gasteiger partial charge on any atom is 0.269 e. The zero-order valence-electron chi connectivity index (χ0n) is 31.4. The van der Waals surface area contributed by atoms with E-state index in [0.717, 1.165) is 0 Å². The summed E-state index contributed by atoms with van der Waals surface area (Å²) in [6, 6.07) is 36.9. The van der Waals surface area contributed by atoms with E-state index in [4.69, 9.17) is 0 Å². The molecule has 256 valence electrons. The van der Waals surface area contributed by atoms with Gasteiger partial charge >= 0.3 is 0 Å². The number of nitrogens with zero attached hydrogens (tertiary/aromatic N) is 2. The van der Waals surface area contributed by atoms with E-state index in [-0.39, 0.29) is 11.8 Å². The highest BCUT2D eigenvalue weighted by molar-refractivity contribution is 5.93. The Balaban J connectivity index is 1.57. The molecule has 2 aliphatic rings. The van der Waals surface area contributed by atoms with Gasteiger partial charge < -0.3 is 0 Å². The van der Waals surface area contributed by atoms with E-state index < -0.39 is 0 Å². The van der Waals surface area contributed by atoms with Crippen molar-refractivity contribution in [2.45, 2.75) is 90.9 Å². The summed E-state index contributed by atoms with van der Waals surface area (Å²) in [4.78, 5) is 0. The summed E-state index contributed by atoms with van der Waals surface area (Å²) in [5.41, 5.74) is 18.3. The summed E-state index contributed by atoms with van der Waals surface area (Å²) in [5, 5.41) is 0. The van der Waals surface area contributed by atoms with Gasteiger partial charge in [0, 0.05) is 11.8 Å². The summed E-state index contributed by atoms with van der Waals surface area (Å²) in [6.07, 6.45) is 13.4. The second-order valence-corrected chi connectivity index (χ2v) is 15.8. The van der Waals surface area contributed by atoms with Gasteiger partial charge in [-0.05, 0) is 91.4 Å². The van der Waals surface area contributed by atoms with Gasteiger partial charge in [0.1, 0.15) is 0 Å². The second kappa shape index (κ2) is 13.0. The van der Waals surface area contributed by atoms with Gasteiger partial charge in [0.15, 0.2) is 0 Å². The van der Waals surface area contributed by atoms with Crippen molar-refractivity contribution in [3.05, 3.63) is 161 Å². The third kappa shape index (κ3) is 5.43. The summed E-state index contributed by atoms with van der Waals surface area (Å²) < 4.78 is 4.85. The lowest BCUT2D eigenvalue weighted by Crippen LogP contribution is -2.33. The fraction of sp³-hybridized carbons (Fsp3) is 0.286. The number of rotatable bonds is 6. The normalized spacial score (nSPS) is 16.4. The number of hydrogen-bond acceptors (Lipinski definition) is 0. The lowest BCUT2D eigenvalue weighted by atomic mass is 9.71. The molecule has 5 aromatic carbocycles. The van der Waals surface area contributed by atoms with Crippen LogP contribution in [0.25, 0.3) is 44.7 Å². The number of benzene rings is 5. The zero-order chi connectivity index (χ0) is 35.6. The van der Waals surface area contributed by atoms with Crippen LogP contribution in [0.1, 0.15) is 124 Å². The van der Waals surface area contributed by atoms with E-state index in [1.807, 2.05) is 0 Å². The first-order chi connectivity index (χ1) is 24.7. The molecule has 0 saturated heterocycles. The van der Waals surface area contributed by atoms with Crippen molar-refractivity contribution >= 4 is 11.0 Å². The highest BCUT2D eigenvalue weighted by atomic mass is 15.1. The molecule has 2 nitrogen and oxygen atoms in total. The van der Waals surface area contributed by atoms with Crippen molar-refractivity contribution in [1.82, 2.24) is 4.57 Å². The molecule has 2 unspecified atom stereocenters. The number of aromatic nitrogens is 2. The van der Waals surface area contributed by atoms with Gasteiger partial charge in [-0.3, -0.25) is 9.13 Å². The Morgan fingerprint density at radius 2 is 1.00 bits per heavy atom. The van der Waals surface area contributed by atoms with Gasteiger partial charge in [-0.2, -0.15) is 0 Å². The van der Waals surface area contributed by atoms with Crippen molar-refractivity contribution in [2.75, 3.05) is 0 Å². The van der Waals surface area contributed by atoms with E-state index >= 15 is 0 Å². The molecular formula is C49H50N2. The first kappa shape index (κ1) is 33.2. The molecule has 1 heterocycles. The number of imidazole rings is 1. The summed E-state index contributed by atoms with van der Waals surface area (Å²) in [6.45, 7) is 18.6. The number of fused-ring (bicyclic) bond motifs is 9. The van der Waals surface area contributed by atoms with Crippen molar-refractivity contribution in [3.63, 3.8) is 0 Å². The van der Waals surface area contributed by atoms with Crippen LogP contribution in [0.5, 0.6) is 0 Å². The monoisotopic (exact) mass is 666 g/mol. The third-order valence-corrected chi connectivity index (χ3v) is 11.3. The van der Waals surface area contributed by atoms with Crippen molar-refractivity contribution in [2.24, 2.45) is 0 Å². The zero-order valence-corrected chi connectivity index (χ0v) is 31.4. The minimum atomic E-state index is 0.194. The number of allylic oxidation sites excluding steroid dienone is 4. The molecule has 0 radical (unpaired) electrons.